The number of anilines is 1. The zero-order chi connectivity index (χ0) is 22.7. The van der Waals surface area contributed by atoms with Crippen LogP contribution >= 0.6 is 23.2 Å². The number of nitrogens with zero attached hydrogens (tertiary/aromatic N) is 2. The fraction of sp³-hybridized carbons (Fsp3) is 0.333. The standard InChI is InChI=1S/C21H23Cl2FN4O3/c1-11(16-14(22)5-6-15(24)17(16)23)31-19-18-12(9-27-20(19)25)13(10-30-18)21(29)26-7-4-8-28(2)3/h5-6,9-11H,4,7-8H2,1-3H3,(H2,25,27)(H,26,29). The van der Waals surface area contributed by atoms with Gasteiger partial charge in [0.2, 0.25) is 5.75 Å². The third-order valence-electron chi connectivity index (χ3n) is 4.69. The van der Waals surface area contributed by atoms with E-state index in [-0.39, 0.29) is 38.7 Å². The summed E-state index contributed by atoms with van der Waals surface area (Å²) in [7, 11) is 3.93. The van der Waals surface area contributed by atoms with Crippen LogP contribution in [0.4, 0.5) is 10.2 Å². The number of nitrogen functional groups attached to an aromatic ring is 1. The van der Waals surface area contributed by atoms with Gasteiger partial charge in [-0.25, -0.2) is 9.37 Å². The molecule has 0 spiro atoms. The molecule has 0 fully saturated rings. The lowest BCUT2D eigenvalue weighted by molar-refractivity contribution is 0.0953. The van der Waals surface area contributed by atoms with Gasteiger partial charge in [0.1, 0.15) is 18.2 Å². The van der Waals surface area contributed by atoms with Crippen molar-refractivity contribution in [2.45, 2.75) is 19.4 Å². The highest BCUT2D eigenvalue weighted by Gasteiger charge is 2.24. The largest absolute Gasteiger partial charge is 0.478 e. The summed E-state index contributed by atoms with van der Waals surface area (Å²) in [4.78, 5) is 18.7. The highest BCUT2D eigenvalue weighted by Crippen LogP contribution is 2.39. The SMILES string of the molecule is CC(Oc1c(N)ncc2c(C(=O)NCCCN(C)C)coc12)c1c(Cl)ccc(F)c1Cl. The fourth-order valence-corrected chi connectivity index (χ4v) is 3.79. The molecule has 3 aromatic rings. The van der Waals surface area contributed by atoms with Gasteiger partial charge in [-0.3, -0.25) is 4.79 Å². The molecule has 0 aliphatic carbocycles. The van der Waals surface area contributed by atoms with Gasteiger partial charge in [0.25, 0.3) is 5.91 Å². The van der Waals surface area contributed by atoms with Crippen LogP contribution in [0.25, 0.3) is 11.0 Å². The molecule has 0 aliphatic rings. The van der Waals surface area contributed by atoms with Crippen LogP contribution in [0.3, 0.4) is 0 Å². The predicted octanol–water partition coefficient (Wildman–Crippen LogP) is 4.68. The third-order valence-corrected chi connectivity index (χ3v) is 5.41. The summed E-state index contributed by atoms with van der Waals surface area (Å²) in [6, 6.07) is 2.57. The van der Waals surface area contributed by atoms with Crippen molar-refractivity contribution in [2.24, 2.45) is 0 Å². The molecule has 31 heavy (non-hydrogen) atoms. The summed E-state index contributed by atoms with van der Waals surface area (Å²) in [6.07, 6.45) is 2.81. The minimum Gasteiger partial charge on any atom is -0.478 e. The Balaban J connectivity index is 1.86. The van der Waals surface area contributed by atoms with Crippen molar-refractivity contribution in [3.8, 4) is 5.75 Å². The van der Waals surface area contributed by atoms with E-state index in [4.69, 9.17) is 38.1 Å². The first kappa shape index (κ1) is 23.1. The number of pyridine rings is 1. The van der Waals surface area contributed by atoms with Crippen LogP contribution in [0.15, 0.2) is 29.0 Å². The number of benzene rings is 1. The lowest BCUT2D eigenvalue weighted by Gasteiger charge is -2.18. The van der Waals surface area contributed by atoms with Gasteiger partial charge in [-0.2, -0.15) is 0 Å². The number of rotatable bonds is 8. The molecule has 1 atom stereocenters. The maximum atomic E-state index is 13.9. The van der Waals surface area contributed by atoms with E-state index in [2.05, 4.69) is 10.3 Å². The van der Waals surface area contributed by atoms with Crippen molar-refractivity contribution in [1.82, 2.24) is 15.2 Å². The summed E-state index contributed by atoms with van der Waals surface area (Å²) in [5.41, 5.74) is 6.82. The van der Waals surface area contributed by atoms with Crippen molar-refractivity contribution in [3.05, 3.63) is 51.6 Å². The molecule has 3 rings (SSSR count). The maximum absolute atomic E-state index is 13.9. The zero-order valence-corrected chi connectivity index (χ0v) is 18.9. The topological polar surface area (TPSA) is 93.6 Å². The average molecular weight is 469 g/mol. The lowest BCUT2D eigenvalue weighted by Crippen LogP contribution is -2.26. The zero-order valence-electron chi connectivity index (χ0n) is 17.3. The Hall–Kier alpha value is -2.55. The molecule has 2 heterocycles. The number of furan rings is 1. The van der Waals surface area contributed by atoms with Gasteiger partial charge in [-0.15, -0.1) is 0 Å². The Morgan fingerprint density at radius 2 is 2.13 bits per heavy atom. The minimum absolute atomic E-state index is 0.0512. The smallest absolute Gasteiger partial charge is 0.255 e. The van der Waals surface area contributed by atoms with Crippen LogP contribution in [-0.2, 0) is 0 Å². The second-order valence-corrected chi connectivity index (χ2v) is 8.08. The predicted molar refractivity (Wildman–Crippen MR) is 119 cm³/mol. The van der Waals surface area contributed by atoms with Crippen molar-refractivity contribution in [1.29, 1.82) is 0 Å². The van der Waals surface area contributed by atoms with Crippen LogP contribution in [-0.4, -0.2) is 43.0 Å². The molecule has 0 bridgehead atoms. The lowest BCUT2D eigenvalue weighted by atomic mass is 10.1. The Labute approximate surface area is 189 Å². The molecular weight excluding hydrogens is 446 g/mol. The Morgan fingerprint density at radius 3 is 2.84 bits per heavy atom. The quantitative estimate of drug-likeness (QED) is 0.368. The van der Waals surface area contributed by atoms with Gasteiger partial charge in [0.05, 0.1) is 16.0 Å². The molecule has 0 aliphatic heterocycles. The van der Waals surface area contributed by atoms with Gasteiger partial charge in [0, 0.05) is 23.3 Å². The first-order valence-corrected chi connectivity index (χ1v) is 10.3. The molecule has 1 aromatic carbocycles. The van der Waals surface area contributed by atoms with Crippen LogP contribution in [0.5, 0.6) is 5.75 Å². The third kappa shape index (κ3) is 5.03. The molecule has 1 amide bonds. The number of nitrogens with one attached hydrogen (secondary N) is 1. The van der Waals surface area contributed by atoms with E-state index in [1.807, 2.05) is 19.0 Å². The van der Waals surface area contributed by atoms with Gasteiger partial charge in [0.15, 0.2) is 11.4 Å². The maximum Gasteiger partial charge on any atom is 0.255 e. The van der Waals surface area contributed by atoms with E-state index in [9.17, 15) is 9.18 Å². The molecule has 0 radical (unpaired) electrons. The number of halogens is 3. The molecule has 3 N–H and O–H groups in total. The molecule has 10 heteroatoms. The molecule has 0 saturated heterocycles. The first-order valence-electron chi connectivity index (χ1n) is 9.59. The summed E-state index contributed by atoms with van der Waals surface area (Å²) in [5, 5.41) is 3.40. The van der Waals surface area contributed by atoms with E-state index in [0.29, 0.717) is 17.5 Å². The van der Waals surface area contributed by atoms with E-state index in [1.165, 1.54) is 24.6 Å². The van der Waals surface area contributed by atoms with E-state index in [0.717, 1.165) is 13.0 Å². The van der Waals surface area contributed by atoms with Crippen LogP contribution in [0, 0.1) is 5.82 Å². The number of hydrogen-bond donors (Lipinski definition) is 2. The normalized spacial score (nSPS) is 12.4. The van der Waals surface area contributed by atoms with Gasteiger partial charge < -0.3 is 25.1 Å². The highest BCUT2D eigenvalue weighted by atomic mass is 35.5. The van der Waals surface area contributed by atoms with Crippen molar-refractivity contribution < 1.29 is 18.3 Å². The number of hydrogen-bond acceptors (Lipinski definition) is 6. The molecular formula is C21H23Cl2FN4O3. The van der Waals surface area contributed by atoms with Crippen LogP contribution in [0.1, 0.15) is 35.4 Å². The Kier molecular flexibility index (Phi) is 7.25. The molecule has 0 saturated carbocycles. The fourth-order valence-electron chi connectivity index (χ4n) is 3.11. The monoisotopic (exact) mass is 468 g/mol. The first-order chi connectivity index (χ1) is 14.7. The number of nitrogens with two attached hydrogens (primary N) is 1. The summed E-state index contributed by atoms with van der Waals surface area (Å²) >= 11 is 12.3. The van der Waals surface area contributed by atoms with E-state index < -0.39 is 11.9 Å². The van der Waals surface area contributed by atoms with Crippen molar-refractivity contribution in [3.63, 3.8) is 0 Å². The van der Waals surface area contributed by atoms with Crippen LogP contribution < -0.4 is 15.8 Å². The van der Waals surface area contributed by atoms with Crippen molar-refractivity contribution in [2.75, 3.05) is 32.9 Å². The second-order valence-electron chi connectivity index (χ2n) is 7.29. The summed E-state index contributed by atoms with van der Waals surface area (Å²) in [6.45, 7) is 3.01. The second kappa shape index (κ2) is 9.72. The summed E-state index contributed by atoms with van der Waals surface area (Å²) < 4.78 is 25.4. The van der Waals surface area contributed by atoms with Crippen LogP contribution in [0.2, 0.25) is 10.0 Å². The van der Waals surface area contributed by atoms with Gasteiger partial charge in [-0.05, 0) is 46.1 Å². The number of aromatic nitrogens is 1. The highest BCUT2D eigenvalue weighted by molar-refractivity contribution is 6.36. The van der Waals surface area contributed by atoms with Crippen molar-refractivity contribution >= 4 is 45.9 Å². The Bertz CT molecular complexity index is 1100. The molecule has 1 unspecified atom stereocenters. The number of carbonyl (C=O) groups excluding carboxylic acids is 1. The van der Waals surface area contributed by atoms with E-state index in [1.54, 1.807) is 6.92 Å². The molecule has 166 valence electrons. The molecule has 7 nitrogen and oxygen atoms in total. The molecule has 2 aromatic heterocycles. The van der Waals surface area contributed by atoms with Gasteiger partial charge in [-0.1, -0.05) is 23.2 Å². The van der Waals surface area contributed by atoms with E-state index >= 15 is 0 Å². The Morgan fingerprint density at radius 1 is 1.39 bits per heavy atom. The summed E-state index contributed by atoms with van der Waals surface area (Å²) in [5.74, 6) is -0.741. The number of carbonyl (C=O) groups is 1. The number of amides is 1. The average Bonchev–Trinajstić information content (AvgIpc) is 3.14. The number of ether oxygens (including phenoxy) is 1. The number of fused-ring (bicyclic) bond motifs is 1. The van der Waals surface area contributed by atoms with Gasteiger partial charge >= 0.3 is 0 Å². The minimum atomic E-state index is -0.765.